The lowest BCUT2D eigenvalue weighted by Crippen LogP contribution is -2.43. The quantitative estimate of drug-likeness (QED) is 0.0734. The molecule has 0 heterocycles. The van der Waals surface area contributed by atoms with E-state index >= 15 is 0 Å². The average molecular weight is 857 g/mol. The van der Waals surface area contributed by atoms with Gasteiger partial charge in [0.2, 0.25) is 0 Å². The molecular formula is C47H70O10P2. The molecule has 0 aromatic heterocycles. The Morgan fingerprint density at radius 3 is 1.08 bits per heavy atom. The van der Waals surface area contributed by atoms with Crippen molar-refractivity contribution in [1.82, 2.24) is 0 Å². The number of aliphatic hydroxyl groups is 3. The van der Waals surface area contributed by atoms with Crippen LogP contribution in [-0.4, -0.2) is 64.5 Å². The summed E-state index contributed by atoms with van der Waals surface area (Å²) in [5.41, 5.74) is 10.2. The van der Waals surface area contributed by atoms with Crippen LogP contribution in [0.15, 0.2) is 72.8 Å². The van der Waals surface area contributed by atoms with E-state index in [4.69, 9.17) is 34.1 Å². The standard InChI is InChI=1S/C47H64O4.2H3O3P/c1-30-23-35(43(3,4)5)40(36(24-30)44(6,7)8)32-19-15-16-20-33(32)42(47(27-48,28-49)29-50)51-39-22-18-17-21-34(39)41-37(45(9,10)11)25-31(2)26-38(41)46(12,13)14;2*1-4(2)3/h15-26,42,48-50H,27-29H2,1-14H3;2*1-3H. The fraction of sp³-hybridized carbons (Fsp3) is 0.489. The predicted molar refractivity (Wildman–Crippen MR) is 242 cm³/mol. The summed E-state index contributed by atoms with van der Waals surface area (Å²) < 4.78 is 7.25. The number of benzene rings is 4. The molecule has 10 nitrogen and oxygen atoms in total. The third-order valence-electron chi connectivity index (χ3n) is 10.2. The van der Waals surface area contributed by atoms with Crippen LogP contribution < -0.4 is 4.74 Å². The smallest absolute Gasteiger partial charge is 0.324 e. The van der Waals surface area contributed by atoms with Crippen molar-refractivity contribution in [2.45, 2.75) is 125 Å². The number of aliphatic hydroxyl groups excluding tert-OH is 3. The zero-order valence-electron chi connectivity index (χ0n) is 37.5. The van der Waals surface area contributed by atoms with E-state index in [-0.39, 0.29) is 21.7 Å². The van der Waals surface area contributed by atoms with Crippen LogP contribution in [0.4, 0.5) is 0 Å². The van der Waals surface area contributed by atoms with Crippen molar-refractivity contribution in [3.05, 3.63) is 112 Å². The van der Waals surface area contributed by atoms with Gasteiger partial charge in [0.05, 0.1) is 25.2 Å². The van der Waals surface area contributed by atoms with Crippen LogP contribution in [0.3, 0.4) is 0 Å². The average Bonchev–Trinajstić information content (AvgIpc) is 3.10. The molecule has 0 bridgehead atoms. The Morgan fingerprint density at radius 1 is 0.475 bits per heavy atom. The van der Waals surface area contributed by atoms with E-state index in [0.29, 0.717) is 5.75 Å². The maximum absolute atomic E-state index is 11.1. The number of hydrogen-bond acceptors (Lipinski definition) is 10. The number of ether oxygens (including phenoxy) is 1. The van der Waals surface area contributed by atoms with Crippen LogP contribution in [0.2, 0.25) is 0 Å². The van der Waals surface area contributed by atoms with E-state index in [2.05, 4.69) is 133 Å². The molecule has 0 aliphatic rings. The second-order valence-corrected chi connectivity index (χ2v) is 20.5. The van der Waals surface area contributed by atoms with Crippen molar-refractivity contribution in [2.24, 2.45) is 5.41 Å². The molecule has 0 spiro atoms. The van der Waals surface area contributed by atoms with Gasteiger partial charge in [-0.1, -0.05) is 161 Å². The fourth-order valence-corrected chi connectivity index (χ4v) is 7.29. The molecular weight excluding hydrogens is 786 g/mol. The molecule has 0 saturated heterocycles. The van der Waals surface area contributed by atoms with Gasteiger partial charge in [-0.25, -0.2) is 0 Å². The number of hydrogen-bond donors (Lipinski definition) is 9. The van der Waals surface area contributed by atoms with E-state index in [1.807, 2.05) is 36.4 Å². The van der Waals surface area contributed by atoms with Gasteiger partial charge in [0.1, 0.15) is 11.9 Å². The molecule has 9 N–H and O–H groups in total. The minimum atomic E-state index is -2.62. The highest BCUT2D eigenvalue weighted by molar-refractivity contribution is 7.38. The molecule has 4 rings (SSSR count). The second-order valence-electron chi connectivity index (χ2n) is 19.4. The summed E-state index contributed by atoms with van der Waals surface area (Å²) in [5, 5.41) is 33.2. The maximum atomic E-state index is 11.1. The number of rotatable bonds is 9. The first-order valence-corrected chi connectivity index (χ1v) is 22.1. The monoisotopic (exact) mass is 856 g/mol. The maximum Gasteiger partial charge on any atom is 0.324 e. The van der Waals surface area contributed by atoms with Crippen LogP contribution in [0, 0.1) is 19.3 Å². The Balaban J connectivity index is 0.00000137. The predicted octanol–water partition coefficient (Wildman–Crippen LogP) is 9.29. The first kappa shape index (κ1) is 52.3. The molecule has 12 heteroatoms. The molecule has 0 amide bonds. The van der Waals surface area contributed by atoms with Gasteiger partial charge in [-0.05, 0) is 80.5 Å². The molecule has 4 aromatic rings. The second kappa shape index (κ2) is 20.8. The molecule has 59 heavy (non-hydrogen) atoms. The number of aryl methyl sites for hydroxylation is 2. The molecule has 0 radical (unpaired) electrons. The van der Waals surface area contributed by atoms with Crippen molar-refractivity contribution in [3.63, 3.8) is 0 Å². The molecule has 0 saturated carbocycles. The summed E-state index contributed by atoms with van der Waals surface area (Å²) >= 11 is 0. The summed E-state index contributed by atoms with van der Waals surface area (Å²) in [7, 11) is -5.24. The van der Waals surface area contributed by atoms with Crippen LogP contribution in [0.1, 0.15) is 128 Å². The highest BCUT2D eigenvalue weighted by atomic mass is 31.2. The Labute approximate surface area is 355 Å². The summed E-state index contributed by atoms with van der Waals surface area (Å²) in [4.78, 5) is 43.4. The molecule has 1 atom stereocenters. The Bertz CT molecular complexity index is 1870. The van der Waals surface area contributed by atoms with Gasteiger partial charge in [-0.15, -0.1) is 0 Å². The van der Waals surface area contributed by atoms with E-state index in [9.17, 15) is 15.3 Å². The lowest BCUT2D eigenvalue weighted by Gasteiger charge is -2.39. The Morgan fingerprint density at radius 2 is 0.763 bits per heavy atom. The third kappa shape index (κ3) is 13.8. The van der Waals surface area contributed by atoms with Crippen molar-refractivity contribution in [2.75, 3.05) is 19.8 Å². The minimum absolute atomic E-state index is 0.163. The summed E-state index contributed by atoms with van der Waals surface area (Å²) in [6, 6.07) is 25.4. The van der Waals surface area contributed by atoms with Gasteiger partial charge in [0, 0.05) is 11.1 Å². The summed E-state index contributed by atoms with van der Waals surface area (Å²) in [6.07, 6.45) is -0.904. The Hall–Kier alpha value is -2.82. The van der Waals surface area contributed by atoms with Gasteiger partial charge in [-0.2, -0.15) is 0 Å². The van der Waals surface area contributed by atoms with Crippen molar-refractivity contribution in [1.29, 1.82) is 0 Å². The lowest BCUT2D eigenvalue weighted by molar-refractivity contribution is -0.0738. The largest absolute Gasteiger partial charge is 0.484 e. The molecule has 0 aliphatic heterocycles. The summed E-state index contributed by atoms with van der Waals surface area (Å²) in [6.45, 7) is 29.8. The molecule has 0 fully saturated rings. The number of para-hydroxylation sites is 1. The van der Waals surface area contributed by atoms with E-state index < -0.39 is 48.5 Å². The first-order valence-electron chi connectivity index (χ1n) is 19.7. The third-order valence-corrected chi connectivity index (χ3v) is 10.2. The van der Waals surface area contributed by atoms with Crippen molar-refractivity contribution < 1.29 is 49.4 Å². The minimum Gasteiger partial charge on any atom is -0.484 e. The zero-order chi connectivity index (χ0) is 45.5. The lowest BCUT2D eigenvalue weighted by atomic mass is 9.71. The first-order chi connectivity index (χ1) is 27.0. The van der Waals surface area contributed by atoms with Gasteiger partial charge in [0.15, 0.2) is 0 Å². The van der Waals surface area contributed by atoms with Crippen LogP contribution in [0.5, 0.6) is 5.75 Å². The zero-order valence-corrected chi connectivity index (χ0v) is 39.2. The van der Waals surface area contributed by atoms with Gasteiger partial charge < -0.3 is 49.4 Å². The van der Waals surface area contributed by atoms with E-state index in [1.54, 1.807) is 0 Å². The van der Waals surface area contributed by atoms with E-state index in [0.717, 1.165) is 27.8 Å². The van der Waals surface area contributed by atoms with Crippen molar-refractivity contribution >= 4 is 17.2 Å². The molecule has 1 unspecified atom stereocenters. The van der Waals surface area contributed by atoms with Crippen LogP contribution >= 0.6 is 17.2 Å². The molecule has 328 valence electrons. The van der Waals surface area contributed by atoms with Crippen LogP contribution in [-0.2, 0) is 21.7 Å². The van der Waals surface area contributed by atoms with Crippen LogP contribution in [0.25, 0.3) is 22.3 Å². The molecule has 0 aliphatic carbocycles. The van der Waals surface area contributed by atoms with Gasteiger partial charge >= 0.3 is 17.2 Å². The normalized spacial score (nSPS) is 13.1. The van der Waals surface area contributed by atoms with Gasteiger partial charge in [0.25, 0.3) is 0 Å². The summed E-state index contributed by atoms with van der Waals surface area (Å²) in [5.74, 6) is 0.632. The SMILES string of the molecule is Cc1cc(C(C)(C)C)c(-c2ccccc2OC(c2ccccc2-c2c(C(C)(C)C)cc(C)cc2C(C)(C)C)C(CO)(CO)CO)c(C(C)(C)C)c1.OP(O)O.OP(O)O. The topological polar surface area (TPSA) is 191 Å². The highest BCUT2D eigenvalue weighted by Crippen LogP contribution is 2.50. The van der Waals surface area contributed by atoms with Gasteiger partial charge in [-0.3, -0.25) is 0 Å². The van der Waals surface area contributed by atoms with Crippen molar-refractivity contribution in [3.8, 4) is 28.0 Å². The highest BCUT2D eigenvalue weighted by Gasteiger charge is 2.43. The Kier molecular flexibility index (Phi) is 18.5. The van der Waals surface area contributed by atoms with E-state index in [1.165, 1.54) is 33.4 Å². The fourth-order valence-electron chi connectivity index (χ4n) is 7.29. The molecule has 4 aromatic carbocycles.